The largest absolute Gasteiger partial charge is 0.456 e. The molecule has 2 N–H and O–H groups in total. The smallest absolute Gasteiger partial charge is 0.306 e. The molecule has 0 aliphatic heterocycles. The molecule has 0 radical (unpaired) electrons. The minimum Gasteiger partial charge on any atom is -0.456 e. The van der Waals surface area contributed by atoms with E-state index in [0.717, 1.165) is 35.5 Å². The summed E-state index contributed by atoms with van der Waals surface area (Å²) in [5.41, 5.74) is 2.03. The Morgan fingerprint density at radius 1 is 1.18 bits per heavy atom. The van der Waals surface area contributed by atoms with E-state index in [1.165, 1.54) is 0 Å². The van der Waals surface area contributed by atoms with Gasteiger partial charge in [-0.15, -0.1) is 0 Å². The minimum absolute atomic E-state index is 0.0536. The molecule has 8 nitrogen and oxygen atoms in total. The molecule has 1 aromatic rings. The Morgan fingerprint density at radius 3 is 2.60 bits per heavy atom. The highest BCUT2D eigenvalue weighted by Gasteiger charge is 2.39. The van der Waals surface area contributed by atoms with E-state index in [-0.39, 0.29) is 48.9 Å². The number of carbonyl (C=O) groups excluding carboxylic acids is 3. The quantitative estimate of drug-likeness (QED) is 0.144. The van der Waals surface area contributed by atoms with Gasteiger partial charge in [0.05, 0.1) is 18.8 Å². The molecule has 1 fully saturated rings. The van der Waals surface area contributed by atoms with Crippen LogP contribution in [0.2, 0.25) is 0 Å². The minimum atomic E-state index is -0.737. The van der Waals surface area contributed by atoms with E-state index >= 15 is 0 Å². The number of ketones is 1. The number of methoxy groups -OCH3 is 1. The van der Waals surface area contributed by atoms with Gasteiger partial charge in [-0.3, -0.25) is 14.4 Å². The number of amides is 1. The van der Waals surface area contributed by atoms with Crippen molar-refractivity contribution in [3.8, 4) is 0 Å². The van der Waals surface area contributed by atoms with Crippen molar-refractivity contribution in [1.82, 2.24) is 4.90 Å². The van der Waals surface area contributed by atoms with Gasteiger partial charge < -0.3 is 24.6 Å². The van der Waals surface area contributed by atoms with E-state index in [1.807, 2.05) is 38.1 Å². The second-order valence-electron chi connectivity index (χ2n) is 10.4. The van der Waals surface area contributed by atoms with Crippen molar-refractivity contribution in [3.63, 3.8) is 0 Å². The second kappa shape index (κ2) is 19.0. The number of hydrogen-bond donors (Lipinski definition) is 2. The Hall–Kier alpha value is -2.20. The first-order valence-corrected chi connectivity index (χ1v) is 15.6. The summed E-state index contributed by atoms with van der Waals surface area (Å²) in [6.07, 6.45) is 5.87. The van der Waals surface area contributed by atoms with Crippen molar-refractivity contribution in [1.29, 1.82) is 0 Å². The lowest BCUT2D eigenvalue weighted by Gasteiger charge is -2.21. The van der Waals surface area contributed by atoms with Gasteiger partial charge in [-0.05, 0) is 48.3 Å². The van der Waals surface area contributed by atoms with Gasteiger partial charge in [-0.2, -0.15) is 11.8 Å². The number of aliphatic hydroxyl groups excluding tert-OH is 2. The molecule has 0 unspecified atom stereocenters. The van der Waals surface area contributed by atoms with Crippen molar-refractivity contribution in [2.24, 2.45) is 11.8 Å². The van der Waals surface area contributed by atoms with E-state index in [1.54, 1.807) is 35.9 Å². The van der Waals surface area contributed by atoms with Crippen molar-refractivity contribution >= 4 is 29.4 Å². The molecule has 0 bridgehead atoms. The van der Waals surface area contributed by atoms with Gasteiger partial charge in [0.25, 0.3) is 5.91 Å². The fraction of sp³-hybridized carbons (Fsp3) is 0.645. The van der Waals surface area contributed by atoms with E-state index in [2.05, 4.69) is 0 Å². The van der Waals surface area contributed by atoms with Crippen LogP contribution in [-0.4, -0.2) is 83.3 Å². The molecule has 9 heteroatoms. The van der Waals surface area contributed by atoms with E-state index in [4.69, 9.17) is 9.47 Å². The predicted molar refractivity (Wildman–Crippen MR) is 158 cm³/mol. The van der Waals surface area contributed by atoms with Gasteiger partial charge in [0.2, 0.25) is 0 Å². The zero-order chi connectivity index (χ0) is 29.3. The third-order valence-corrected chi connectivity index (χ3v) is 8.08. The molecule has 0 aromatic heterocycles. The summed E-state index contributed by atoms with van der Waals surface area (Å²) in [4.78, 5) is 38.5. The van der Waals surface area contributed by atoms with Crippen LogP contribution >= 0.6 is 11.8 Å². The number of esters is 1. The Bertz CT molecular complexity index is 947. The summed E-state index contributed by atoms with van der Waals surface area (Å²) in [6, 6.07) is 7.87. The number of hydrogen-bond acceptors (Lipinski definition) is 8. The third-order valence-electron chi connectivity index (χ3n) is 6.97. The maximum atomic E-state index is 12.5. The molecule has 0 saturated heterocycles. The van der Waals surface area contributed by atoms with Crippen LogP contribution in [0.1, 0.15) is 63.5 Å². The molecule has 1 saturated carbocycles. The summed E-state index contributed by atoms with van der Waals surface area (Å²) < 4.78 is 10.3. The monoisotopic (exact) mass is 577 g/mol. The summed E-state index contributed by atoms with van der Waals surface area (Å²) in [5.74, 6) is 0.423. The molecule has 4 atom stereocenters. The highest BCUT2D eigenvalue weighted by atomic mass is 32.2. The van der Waals surface area contributed by atoms with Crippen LogP contribution in [0.15, 0.2) is 36.4 Å². The summed E-state index contributed by atoms with van der Waals surface area (Å²) >= 11 is 1.66. The first-order valence-electron chi connectivity index (χ1n) is 14.4. The molecule has 1 amide bonds. The molecule has 1 aromatic carbocycles. The normalized spacial score (nSPS) is 19.7. The molecule has 2 rings (SSSR count). The van der Waals surface area contributed by atoms with Crippen LogP contribution in [0.3, 0.4) is 0 Å². The summed E-state index contributed by atoms with van der Waals surface area (Å²) in [6.45, 7) is 5.67. The lowest BCUT2D eigenvalue weighted by Crippen LogP contribution is -2.35. The average molecular weight is 578 g/mol. The molecular formula is C31H47NO7S. The molecule has 1 aliphatic rings. The van der Waals surface area contributed by atoms with Crippen LogP contribution in [-0.2, 0) is 36.9 Å². The standard InChI is InChI=1S/C31H47NO7S/c1-4-14-32(15-5-2)30(36)22-39-31(37)10-7-16-40-17-13-27-26(28(34)20-29(27)35)12-11-25(33)19-23-8-6-9-24(18-23)21-38-3/h6,8-9,11-12,18,25-28,33-34H,4-5,7,10,13-17,19-22H2,1-3H3/t25-,26-,27-,28-/m1/s1. The SMILES string of the molecule is CCCN(CCC)C(=O)COC(=O)CCCSCC[C@H]1C(=O)C[C@@H](O)[C@@H]1C=C[C@@H](O)Cc1cccc(COC)c1. The zero-order valence-corrected chi connectivity index (χ0v) is 25.1. The summed E-state index contributed by atoms with van der Waals surface area (Å²) in [7, 11) is 1.64. The molecule has 0 spiro atoms. The van der Waals surface area contributed by atoms with Crippen LogP contribution in [0.5, 0.6) is 0 Å². The molecule has 0 heterocycles. The summed E-state index contributed by atoms with van der Waals surface area (Å²) in [5, 5.41) is 21.0. The number of carbonyl (C=O) groups is 3. The Morgan fingerprint density at radius 2 is 1.90 bits per heavy atom. The Balaban J connectivity index is 1.70. The maximum absolute atomic E-state index is 12.5. The number of aliphatic hydroxyl groups is 2. The molecule has 40 heavy (non-hydrogen) atoms. The van der Waals surface area contributed by atoms with Crippen LogP contribution in [0, 0.1) is 11.8 Å². The van der Waals surface area contributed by atoms with Gasteiger partial charge in [-0.1, -0.05) is 50.3 Å². The van der Waals surface area contributed by atoms with E-state index < -0.39 is 12.2 Å². The van der Waals surface area contributed by atoms with Crippen molar-refractivity contribution < 1.29 is 34.1 Å². The maximum Gasteiger partial charge on any atom is 0.306 e. The van der Waals surface area contributed by atoms with Gasteiger partial charge in [0.15, 0.2) is 6.61 Å². The Kier molecular flexibility index (Phi) is 16.2. The average Bonchev–Trinajstić information content (AvgIpc) is 3.19. The Labute approximate surface area is 243 Å². The first kappa shape index (κ1) is 34.0. The number of nitrogens with zero attached hydrogens (tertiary/aromatic N) is 1. The van der Waals surface area contributed by atoms with Crippen molar-refractivity contribution in [3.05, 3.63) is 47.5 Å². The second-order valence-corrected chi connectivity index (χ2v) is 11.6. The van der Waals surface area contributed by atoms with E-state index in [0.29, 0.717) is 39.0 Å². The van der Waals surface area contributed by atoms with Crippen LogP contribution in [0.4, 0.5) is 0 Å². The number of rotatable bonds is 19. The lowest BCUT2D eigenvalue weighted by molar-refractivity contribution is -0.152. The fourth-order valence-electron chi connectivity index (χ4n) is 5.01. The topological polar surface area (TPSA) is 113 Å². The van der Waals surface area contributed by atoms with Gasteiger partial charge in [0.1, 0.15) is 5.78 Å². The fourth-order valence-corrected chi connectivity index (χ4v) is 5.98. The lowest BCUT2D eigenvalue weighted by atomic mass is 9.91. The van der Waals surface area contributed by atoms with Gasteiger partial charge >= 0.3 is 5.97 Å². The predicted octanol–water partition coefficient (Wildman–Crippen LogP) is 3.95. The number of ether oxygens (including phenoxy) is 2. The van der Waals surface area contributed by atoms with Gasteiger partial charge in [0, 0.05) is 51.3 Å². The van der Waals surface area contributed by atoms with Crippen molar-refractivity contribution in [2.45, 2.75) is 77.6 Å². The van der Waals surface area contributed by atoms with Gasteiger partial charge in [-0.25, -0.2) is 0 Å². The number of benzene rings is 1. The van der Waals surface area contributed by atoms with Crippen LogP contribution in [0.25, 0.3) is 0 Å². The highest BCUT2D eigenvalue weighted by Crippen LogP contribution is 2.34. The van der Waals surface area contributed by atoms with E-state index in [9.17, 15) is 24.6 Å². The first-order chi connectivity index (χ1) is 19.3. The zero-order valence-electron chi connectivity index (χ0n) is 24.3. The molecular weight excluding hydrogens is 530 g/mol. The van der Waals surface area contributed by atoms with Crippen LogP contribution < -0.4 is 0 Å². The molecule has 1 aliphatic carbocycles. The van der Waals surface area contributed by atoms with Crippen molar-refractivity contribution in [2.75, 3.05) is 38.3 Å². The third kappa shape index (κ3) is 12.1. The molecule has 224 valence electrons. The number of thioether (sulfide) groups is 1. The highest BCUT2D eigenvalue weighted by molar-refractivity contribution is 7.99. The number of Topliss-reactive ketones (excluding diaryl/α,β-unsaturated/α-hetero) is 1.